The summed E-state index contributed by atoms with van der Waals surface area (Å²) in [6.45, 7) is 5.43. The number of hydrogen-bond donors (Lipinski definition) is 1. The third-order valence-corrected chi connectivity index (χ3v) is 7.60. The van der Waals surface area contributed by atoms with Crippen LogP contribution in [0.15, 0.2) is 48.5 Å². The first-order chi connectivity index (χ1) is 22.1. The molecule has 3 aromatic rings. The lowest BCUT2D eigenvalue weighted by atomic mass is 9.97. The van der Waals surface area contributed by atoms with Gasteiger partial charge in [0.15, 0.2) is 0 Å². The standard InChI is InChI=1S/C30H38N6O9S/c1-4-5-10-26(37)34(27(21(2)3)29(38)39)19-22-11-13-23(14-12-22)24-8-6-7-9-25(24)28-31-33-35(32-28)20-44-30(40)43-15-17-46-18-16-45-36(41)42/h6-9,11-14,21,27H,4-5,10,15-20H2,1-3H3,(H,38,39). The Morgan fingerprint density at radius 1 is 1.04 bits per heavy atom. The number of tetrazole rings is 1. The second-order valence-electron chi connectivity index (χ2n) is 10.4. The summed E-state index contributed by atoms with van der Waals surface area (Å²) in [6.07, 6.45) is 0.902. The van der Waals surface area contributed by atoms with E-state index < -0.39 is 23.3 Å². The number of carbonyl (C=O) groups is 3. The highest BCUT2D eigenvalue weighted by atomic mass is 32.2. The van der Waals surface area contributed by atoms with Crippen molar-refractivity contribution >= 4 is 29.8 Å². The van der Waals surface area contributed by atoms with Crippen LogP contribution < -0.4 is 0 Å². The predicted molar refractivity (Wildman–Crippen MR) is 168 cm³/mol. The highest BCUT2D eigenvalue weighted by Crippen LogP contribution is 2.30. The van der Waals surface area contributed by atoms with E-state index in [1.54, 1.807) is 13.8 Å². The van der Waals surface area contributed by atoms with Crippen LogP contribution in [-0.4, -0.2) is 84.1 Å². The van der Waals surface area contributed by atoms with Crippen molar-refractivity contribution in [3.8, 4) is 22.5 Å². The van der Waals surface area contributed by atoms with Crippen molar-refractivity contribution in [1.82, 2.24) is 25.1 Å². The van der Waals surface area contributed by atoms with E-state index in [1.807, 2.05) is 55.5 Å². The summed E-state index contributed by atoms with van der Waals surface area (Å²) in [5.74, 6) is -0.370. The third kappa shape index (κ3) is 11.0. The summed E-state index contributed by atoms with van der Waals surface area (Å²) < 4.78 is 9.99. The molecular weight excluding hydrogens is 620 g/mol. The lowest BCUT2D eigenvalue weighted by Gasteiger charge is -2.32. The van der Waals surface area contributed by atoms with Gasteiger partial charge in [0.1, 0.15) is 19.3 Å². The minimum Gasteiger partial charge on any atom is -0.480 e. The normalized spacial score (nSPS) is 11.6. The first kappa shape index (κ1) is 35.7. The summed E-state index contributed by atoms with van der Waals surface area (Å²) >= 11 is 1.32. The number of carboxylic acids is 1. The zero-order chi connectivity index (χ0) is 33.5. The van der Waals surface area contributed by atoms with Crippen molar-refractivity contribution in [3.05, 3.63) is 64.2 Å². The molecule has 0 aliphatic rings. The van der Waals surface area contributed by atoms with E-state index in [2.05, 4.69) is 20.2 Å². The zero-order valence-electron chi connectivity index (χ0n) is 25.9. The number of benzene rings is 2. The first-order valence-electron chi connectivity index (χ1n) is 14.7. The largest absolute Gasteiger partial charge is 0.510 e. The Hall–Kier alpha value is -4.73. The Balaban J connectivity index is 1.63. The molecule has 1 aromatic heterocycles. The Morgan fingerprint density at radius 2 is 1.74 bits per heavy atom. The molecule has 3 rings (SSSR count). The van der Waals surface area contributed by atoms with Gasteiger partial charge in [-0.15, -0.1) is 25.1 Å². The van der Waals surface area contributed by atoms with E-state index in [4.69, 9.17) is 9.47 Å². The van der Waals surface area contributed by atoms with Crippen molar-refractivity contribution in [2.75, 3.05) is 24.7 Å². The van der Waals surface area contributed by atoms with Crippen molar-refractivity contribution in [1.29, 1.82) is 0 Å². The van der Waals surface area contributed by atoms with E-state index in [-0.39, 0.29) is 38.3 Å². The summed E-state index contributed by atoms with van der Waals surface area (Å²) in [6, 6.07) is 14.0. The van der Waals surface area contributed by atoms with Crippen molar-refractivity contribution < 1.29 is 38.9 Å². The molecule has 15 nitrogen and oxygen atoms in total. The number of carbonyl (C=O) groups excluding carboxylic acids is 2. The van der Waals surface area contributed by atoms with Gasteiger partial charge in [-0.05, 0) is 34.2 Å². The predicted octanol–water partition coefficient (Wildman–Crippen LogP) is 4.69. The number of carboxylic acid groups (broad SMARTS) is 1. The Labute approximate surface area is 270 Å². The fourth-order valence-electron chi connectivity index (χ4n) is 4.52. The third-order valence-electron chi connectivity index (χ3n) is 6.69. The molecule has 46 heavy (non-hydrogen) atoms. The summed E-state index contributed by atoms with van der Waals surface area (Å²) in [7, 11) is 0. The molecule has 0 radical (unpaired) electrons. The molecule has 0 bridgehead atoms. The van der Waals surface area contributed by atoms with Crippen molar-refractivity contribution in [3.63, 3.8) is 0 Å². The maximum atomic E-state index is 13.0. The molecule has 1 atom stereocenters. The molecule has 0 saturated heterocycles. The number of aromatic nitrogens is 4. The van der Waals surface area contributed by atoms with E-state index >= 15 is 0 Å². The van der Waals surface area contributed by atoms with E-state index in [1.165, 1.54) is 16.7 Å². The monoisotopic (exact) mass is 658 g/mol. The molecule has 0 saturated carbocycles. The molecule has 0 aliphatic carbocycles. The quantitative estimate of drug-likeness (QED) is 0.0809. The maximum absolute atomic E-state index is 13.0. The fraction of sp³-hybridized carbons (Fsp3) is 0.467. The lowest BCUT2D eigenvalue weighted by Crippen LogP contribution is -2.47. The van der Waals surface area contributed by atoms with E-state index in [9.17, 15) is 29.6 Å². The second kappa shape index (κ2) is 18.3. The Kier molecular flexibility index (Phi) is 14.2. The van der Waals surface area contributed by atoms with Crippen LogP contribution in [0.2, 0.25) is 0 Å². The molecule has 248 valence electrons. The molecule has 2 aromatic carbocycles. The van der Waals surface area contributed by atoms with Gasteiger partial charge in [-0.2, -0.15) is 11.8 Å². The number of ether oxygens (including phenoxy) is 2. The second-order valence-corrected chi connectivity index (χ2v) is 11.6. The minimum absolute atomic E-state index is 0.0508. The number of amides is 1. The van der Waals surface area contributed by atoms with Gasteiger partial charge in [-0.1, -0.05) is 75.7 Å². The topological polar surface area (TPSA) is 189 Å². The van der Waals surface area contributed by atoms with E-state index in [0.717, 1.165) is 27.9 Å². The molecule has 0 fully saturated rings. The smallest absolute Gasteiger partial charge is 0.480 e. The zero-order valence-corrected chi connectivity index (χ0v) is 26.8. The number of thioether (sulfide) groups is 1. The van der Waals surface area contributed by atoms with Gasteiger partial charge in [-0.3, -0.25) is 4.79 Å². The van der Waals surface area contributed by atoms with Crippen LogP contribution in [0.4, 0.5) is 4.79 Å². The van der Waals surface area contributed by atoms with Crippen LogP contribution in [0.25, 0.3) is 22.5 Å². The molecule has 1 amide bonds. The Morgan fingerprint density at radius 3 is 2.39 bits per heavy atom. The summed E-state index contributed by atoms with van der Waals surface area (Å²) in [4.78, 5) is 53.9. The van der Waals surface area contributed by atoms with Crippen LogP contribution in [0.3, 0.4) is 0 Å². The molecule has 16 heteroatoms. The molecule has 1 N–H and O–H groups in total. The van der Waals surface area contributed by atoms with Crippen LogP contribution in [0.1, 0.15) is 45.6 Å². The SMILES string of the molecule is CCCCC(=O)N(Cc1ccc(-c2ccccc2-c2nnn(COC(=O)OCCSCCO[N+](=O)[O-])n2)cc1)C(C(=O)O)C(C)C. The number of aliphatic carboxylic acids is 1. The van der Waals surface area contributed by atoms with Gasteiger partial charge in [0, 0.05) is 30.0 Å². The van der Waals surface area contributed by atoms with Gasteiger partial charge in [0.05, 0.1) is 0 Å². The molecule has 1 heterocycles. The van der Waals surface area contributed by atoms with Crippen molar-refractivity contribution in [2.24, 2.45) is 5.92 Å². The van der Waals surface area contributed by atoms with Gasteiger partial charge in [-0.25, -0.2) is 9.59 Å². The lowest BCUT2D eigenvalue weighted by molar-refractivity contribution is -0.756. The molecule has 0 spiro atoms. The van der Waals surface area contributed by atoms with E-state index in [0.29, 0.717) is 35.7 Å². The molecular formula is C30H38N6O9S. The van der Waals surface area contributed by atoms with Crippen LogP contribution >= 0.6 is 11.8 Å². The summed E-state index contributed by atoms with van der Waals surface area (Å²) in [5.41, 5.74) is 3.15. The molecule has 1 unspecified atom stereocenters. The number of unbranched alkanes of at least 4 members (excludes halogenated alkanes) is 1. The van der Waals surface area contributed by atoms with Gasteiger partial charge in [0.2, 0.25) is 18.5 Å². The number of rotatable bonds is 19. The first-order valence-corrected chi connectivity index (χ1v) is 15.9. The van der Waals surface area contributed by atoms with Crippen molar-refractivity contribution in [2.45, 2.75) is 59.4 Å². The highest BCUT2D eigenvalue weighted by molar-refractivity contribution is 7.99. The van der Waals surface area contributed by atoms with Gasteiger partial charge >= 0.3 is 12.1 Å². The Bertz CT molecular complexity index is 1450. The van der Waals surface area contributed by atoms with Crippen LogP contribution in [0, 0.1) is 16.0 Å². The average molecular weight is 659 g/mol. The van der Waals surface area contributed by atoms with Crippen LogP contribution in [-0.2, 0) is 37.2 Å². The average Bonchev–Trinajstić information content (AvgIpc) is 3.50. The summed E-state index contributed by atoms with van der Waals surface area (Å²) in [5, 5.41) is 31.5. The fourth-order valence-corrected chi connectivity index (χ4v) is 5.12. The number of nitrogens with zero attached hydrogens (tertiary/aromatic N) is 6. The molecule has 0 aliphatic heterocycles. The van der Waals surface area contributed by atoms with Gasteiger partial charge in [0.25, 0.3) is 5.09 Å². The maximum Gasteiger partial charge on any atom is 0.510 e. The number of hydrogen-bond acceptors (Lipinski definition) is 12. The highest BCUT2D eigenvalue weighted by Gasteiger charge is 2.32. The van der Waals surface area contributed by atoms with Crippen LogP contribution in [0.5, 0.6) is 0 Å². The minimum atomic E-state index is -1.03. The van der Waals surface area contributed by atoms with Gasteiger partial charge < -0.3 is 24.3 Å².